The fourth-order valence-electron chi connectivity index (χ4n) is 0.708. The molecule has 0 fully saturated rings. The van der Waals surface area contributed by atoms with E-state index < -0.39 is 11.7 Å². The van der Waals surface area contributed by atoms with E-state index in [0.29, 0.717) is 0 Å². The Morgan fingerprint density at radius 3 is 2.83 bits per heavy atom. The number of nitrogens with zero attached hydrogens (tertiary/aromatic N) is 2. The number of aromatic carboxylic acids is 1. The highest BCUT2D eigenvalue weighted by Crippen LogP contribution is 2.18. The van der Waals surface area contributed by atoms with Gasteiger partial charge in [0.15, 0.2) is 11.4 Å². The molecule has 12 heavy (non-hydrogen) atoms. The molecule has 0 saturated carbocycles. The van der Waals surface area contributed by atoms with Crippen LogP contribution in [0, 0.1) is 11.3 Å². The number of hydrogen-bond donors (Lipinski definition) is 2. The van der Waals surface area contributed by atoms with Gasteiger partial charge >= 0.3 is 5.97 Å². The molecule has 5 heteroatoms. The highest BCUT2D eigenvalue weighted by molar-refractivity contribution is 5.91. The highest BCUT2D eigenvalue weighted by Gasteiger charge is 2.12. The average Bonchev–Trinajstić information content (AvgIpc) is 2.04. The Bertz CT molecular complexity index is 367. The standard InChI is InChI=1S/C7H4N2O3/c8-3-5-6(10)4(7(11)12)1-2-9-5/h1-2,10H,(H,11,12). The molecule has 0 bridgehead atoms. The van der Waals surface area contributed by atoms with E-state index in [4.69, 9.17) is 15.5 Å². The van der Waals surface area contributed by atoms with Gasteiger partial charge in [-0.2, -0.15) is 5.26 Å². The first kappa shape index (κ1) is 8.01. The van der Waals surface area contributed by atoms with E-state index in [-0.39, 0.29) is 11.3 Å². The van der Waals surface area contributed by atoms with Crippen LogP contribution in [0.2, 0.25) is 0 Å². The second-order valence-corrected chi connectivity index (χ2v) is 1.97. The molecule has 0 aliphatic rings. The maximum absolute atomic E-state index is 10.4. The van der Waals surface area contributed by atoms with E-state index in [1.54, 1.807) is 6.07 Å². The van der Waals surface area contributed by atoms with Crippen LogP contribution in [0.4, 0.5) is 0 Å². The number of aromatic hydroxyl groups is 1. The van der Waals surface area contributed by atoms with Gasteiger partial charge in [0.05, 0.1) is 0 Å². The van der Waals surface area contributed by atoms with Gasteiger partial charge in [0.2, 0.25) is 0 Å². The minimum absolute atomic E-state index is 0.282. The van der Waals surface area contributed by atoms with Crippen LogP contribution in [0.15, 0.2) is 12.3 Å². The lowest BCUT2D eigenvalue weighted by Crippen LogP contribution is -1.98. The van der Waals surface area contributed by atoms with Crippen LogP contribution in [-0.2, 0) is 0 Å². The summed E-state index contributed by atoms with van der Waals surface area (Å²) in [4.78, 5) is 13.9. The fourth-order valence-corrected chi connectivity index (χ4v) is 0.708. The van der Waals surface area contributed by atoms with Gasteiger partial charge in [-0.25, -0.2) is 9.78 Å². The SMILES string of the molecule is N#Cc1nccc(C(=O)O)c1O. The van der Waals surface area contributed by atoms with Gasteiger partial charge < -0.3 is 10.2 Å². The first-order valence-corrected chi connectivity index (χ1v) is 2.98. The Kier molecular flexibility index (Phi) is 1.92. The Hall–Kier alpha value is -2.09. The summed E-state index contributed by atoms with van der Waals surface area (Å²) in [6, 6.07) is 2.69. The Morgan fingerprint density at radius 2 is 2.33 bits per heavy atom. The van der Waals surface area contributed by atoms with Crippen molar-refractivity contribution in [3.63, 3.8) is 0 Å². The molecule has 0 spiro atoms. The predicted octanol–water partition coefficient (Wildman–Crippen LogP) is 0.357. The van der Waals surface area contributed by atoms with Gasteiger partial charge in [0.25, 0.3) is 0 Å². The van der Waals surface area contributed by atoms with E-state index in [2.05, 4.69) is 4.98 Å². The van der Waals surface area contributed by atoms with Gasteiger partial charge in [-0.05, 0) is 6.07 Å². The number of carbonyl (C=O) groups is 1. The zero-order valence-electron chi connectivity index (χ0n) is 5.85. The molecule has 60 valence electrons. The molecule has 1 heterocycles. The summed E-state index contributed by atoms with van der Waals surface area (Å²) in [5.41, 5.74) is -0.601. The summed E-state index contributed by atoms with van der Waals surface area (Å²) in [6.07, 6.45) is 1.15. The van der Waals surface area contributed by atoms with Crippen LogP contribution >= 0.6 is 0 Å². The van der Waals surface area contributed by atoms with Gasteiger partial charge in [-0.3, -0.25) is 0 Å². The number of hydrogen-bond acceptors (Lipinski definition) is 4. The number of pyridine rings is 1. The van der Waals surface area contributed by atoms with Crippen molar-refractivity contribution in [1.29, 1.82) is 5.26 Å². The predicted molar refractivity (Wildman–Crippen MR) is 37.6 cm³/mol. The van der Waals surface area contributed by atoms with Gasteiger partial charge in [0.1, 0.15) is 11.6 Å². The van der Waals surface area contributed by atoms with Crippen LogP contribution in [-0.4, -0.2) is 21.2 Å². The molecule has 2 N–H and O–H groups in total. The van der Waals surface area contributed by atoms with Crippen molar-refractivity contribution in [3.05, 3.63) is 23.5 Å². The molecule has 0 aromatic carbocycles. The number of carboxylic acids is 1. The molecule has 5 nitrogen and oxygen atoms in total. The lowest BCUT2D eigenvalue weighted by atomic mass is 10.2. The van der Waals surface area contributed by atoms with Crippen molar-refractivity contribution in [2.24, 2.45) is 0 Å². The molecule has 0 unspecified atom stereocenters. The molecule has 0 aliphatic heterocycles. The number of aromatic nitrogens is 1. The zero-order chi connectivity index (χ0) is 9.14. The summed E-state index contributed by atoms with van der Waals surface area (Å²) in [5, 5.41) is 25.9. The second kappa shape index (κ2) is 2.88. The molecule has 0 amide bonds. The molecule has 0 aliphatic carbocycles. The number of rotatable bonds is 1. The smallest absolute Gasteiger partial charge is 0.339 e. The van der Waals surface area contributed by atoms with Crippen LogP contribution < -0.4 is 0 Å². The minimum Gasteiger partial charge on any atom is -0.504 e. The number of carboxylic acid groups (broad SMARTS) is 1. The van der Waals surface area contributed by atoms with Crippen molar-refractivity contribution < 1.29 is 15.0 Å². The highest BCUT2D eigenvalue weighted by atomic mass is 16.4. The largest absolute Gasteiger partial charge is 0.504 e. The average molecular weight is 164 g/mol. The third-order valence-electron chi connectivity index (χ3n) is 1.26. The van der Waals surface area contributed by atoms with Crippen molar-refractivity contribution in [3.8, 4) is 11.8 Å². The molecular formula is C7H4N2O3. The third kappa shape index (κ3) is 1.18. The number of nitriles is 1. The molecule has 1 aromatic rings. The normalized spacial score (nSPS) is 8.92. The van der Waals surface area contributed by atoms with Crippen LogP contribution in [0.3, 0.4) is 0 Å². The van der Waals surface area contributed by atoms with Crippen molar-refractivity contribution >= 4 is 5.97 Å². The molecule has 1 aromatic heterocycles. The maximum Gasteiger partial charge on any atom is 0.339 e. The molecule has 1 rings (SSSR count). The lowest BCUT2D eigenvalue weighted by molar-refractivity contribution is 0.0693. The quantitative estimate of drug-likeness (QED) is 0.624. The van der Waals surface area contributed by atoms with Gasteiger partial charge in [-0.15, -0.1) is 0 Å². The van der Waals surface area contributed by atoms with Crippen LogP contribution in [0.5, 0.6) is 5.75 Å². The first-order valence-electron chi connectivity index (χ1n) is 2.98. The van der Waals surface area contributed by atoms with Crippen molar-refractivity contribution in [2.75, 3.05) is 0 Å². The van der Waals surface area contributed by atoms with Gasteiger partial charge in [-0.1, -0.05) is 0 Å². The summed E-state index contributed by atoms with van der Waals surface area (Å²) in [7, 11) is 0. The van der Waals surface area contributed by atoms with E-state index in [9.17, 15) is 4.79 Å². The van der Waals surface area contributed by atoms with Crippen LogP contribution in [0.1, 0.15) is 16.1 Å². The monoisotopic (exact) mass is 164 g/mol. The maximum atomic E-state index is 10.4. The summed E-state index contributed by atoms with van der Waals surface area (Å²) < 4.78 is 0. The van der Waals surface area contributed by atoms with E-state index in [0.717, 1.165) is 12.3 Å². The van der Waals surface area contributed by atoms with Crippen molar-refractivity contribution in [1.82, 2.24) is 4.98 Å². The van der Waals surface area contributed by atoms with Gasteiger partial charge in [0, 0.05) is 6.20 Å². The molecular weight excluding hydrogens is 160 g/mol. The zero-order valence-corrected chi connectivity index (χ0v) is 5.85. The molecule has 0 atom stereocenters. The first-order chi connectivity index (χ1) is 5.66. The Balaban J connectivity index is 3.35. The Morgan fingerprint density at radius 1 is 1.67 bits per heavy atom. The second-order valence-electron chi connectivity index (χ2n) is 1.97. The third-order valence-corrected chi connectivity index (χ3v) is 1.26. The fraction of sp³-hybridized carbons (Fsp3) is 0. The summed E-state index contributed by atoms with van der Waals surface area (Å²) in [6.45, 7) is 0. The lowest BCUT2D eigenvalue weighted by Gasteiger charge is -1.97. The minimum atomic E-state index is -1.29. The van der Waals surface area contributed by atoms with E-state index in [1.165, 1.54) is 0 Å². The van der Waals surface area contributed by atoms with E-state index >= 15 is 0 Å². The Labute approximate surface area is 67.5 Å². The van der Waals surface area contributed by atoms with Crippen molar-refractivity contribution in [2.45, 2.75) is 0 Å². The molecule has 0 saturated heterocycles. The topological polar surface area (TPSA) is 94.2 Å². The summed E-state index contributed by atoms with van der Waals surface area (Å²) >= 11 is 0. The van der Waals surface area contributed by atoms with Crippen LogP contribution in [0.25, 0.3) is 0 Å². The van der Waals surface area contributed by atoms with E-state index in [1.807, 2.05) is 0 Å². The molecule has 0 radical (unpaired) electrons. The summed E-state index contributed by atoms with van der Waals surface area (Å²) in [5.74, 6) is -1.88.